The highest BCUT2D eigenvalue weighted by atomic mass is 16.2. The highest BCUT2D eigenvalue weighted by molar-refractivity contribution is 5.78. The van der Waals surface area contributed by atoms with E-state index in [1.54, 1.807) is 0 Å². The number of hydrogen-bond acceptors (Lipinski definition) is 3. The van der Waals surface area contributed by atoms with Crippen LogP contribution in [0.4, 0.5) is 0 Å². The normalized spacial score (nSPS) is 18.3. The van der Waals surface area contributed by atoms with E-state index in [4.69, 9.17) is 0 Å². The standard InChI is InChI=1S/C24H37N3O2/c1-20-6-8-21(9-7-20)24(2,3)12-10-22(28)26-16-18-27(19-17-26)23(29)11-15-25-13-4-5-14-25/h6-9H,4-5,10-19H2,1-3H3. The molecule has 1 aromatic carbocycles. The zero-order valence-electron chi connectivity index (χ0n) is 18.5. The lowest BCUT2D eigenvalue weighted by atomic mass is 9.80. The van der Waals surface area contributed by atoms with Gasteiger partial charge in [-0.25, -0.2) is 0 Å². The Kier molecular flexibility index (Phi) is 7.33. The van der Waals surface area contributed by atoms with Gasteiger partial charge in [0.1, 0.15) is 0 Å². The number of amides is 2. The molecule has 2 aliphatic rings. The van der Waals surface area contributed by atoms with E-state index in [9.17, 15) is 9.59 Å². The summed E-state index contributed by atoms with van der Waals surface area (Å²) in [5, 5.41) is 0. The third-order valence-electron chi connectivity index (χ3n) is 6.62. The predicted octanol–water partition coefficient (Wildman–Crippen LogP) is 3.21. The minimum absolute atomic E-state index is 0.0171. The van der Waals surface area contributed by atoms with Gasteiger partial charge in [0.05, 0.1) is 0 Å². The Hall–Kier alpha value is -1.88. The molecule has 0 radical (unpaired) electrons. The minimum atomic E-state index is -0.0171. The first-order valence-corrected chi connectivity index (χ1v) is 11.2. The summed E-state index contributed by atoms with van der Waals surface area (Å²) in [6, 6.07) is 8.62. The van der Waals surface area contributed by atoms with Crippen LogP contribution in [0.25, 0.3) is 0 Å². The van der Waals surface area contributed by atoms with Gasteiger partial charge >= 0.3 is 0 Å². The lowest BCUT2D eigenvalue weighted by Crippen LogP contribution is -2.51. The van der Waals surface area contributed by atoms with Crippen LogP contribution in [0.1, 0.15) is 57.1 Å². The van der Waals surface area contributed by atoms with E-state index in [2.05, 4.69) is 49.9 Å². The van der Waals surface area contributed by atoms with Crippen molar-refractivity contribution in [2.45, 2.75) is 58.3 Å². The Labute approximate surface area is 176 Å². The van der Waals surface area contributed by atoms with Gasteiger partial charge in [-0.2, -0.15) is 0 Å². The van der Waals surface area contributed by atoms with Crippen LogP contribution in [0.2, 0.25) is 0 Å². The molecule has 160 valence electrons. The maximum Gasteiger partial charge on any atom is 0.223 e. The lowest BCUT2D eigenvalue weighted by Gasteiger charge is -2.36. The van der Waals surface area contributed by atoms with Crippen LogP contribution in [0.3, 0.4) is 0 Å². The molecule has 0 bridgehead atoms. The summed E-state index contributed by atoms with van der Waals surface area (Å²) in [4.78, 5) is 31.5. The van der Waals surface area contributed by atoms with Crippen LogP contribution < -0.4 is 0 Å². The van der Waals surface area contributed by atoms with Crippen molar-refractivity contribution in [2.75, 3.05) is 45.8 Å². The molecule has 2 amide bonds. The maximum atomic E-state index is 12.7. The molecule has 0 aromatic heterocycles. The molecule has 0 N–H and O–H groups in total. The van der Waals surface area contributed by atoms with Crippen LogP contribution in [0.15, 0.2) is 24.3 Å². The van der Waals surface area contributed by atoms with Crippen molar-refractivity contribution in [1.82, 2.24) is 14.7 Å². The molecule has 2 heterocycles. The Balaban J connectivity index is 1.40. The second-order valence-corrected chi connectivity index (χ2v) is 9.31. The second-order valence-electron chi connectivity index (χ2n) is 9.31. The second kappa shape index (κ2) is 9.75. The molecule has 0 aliphatic carbocycles. The van der Waals surface area contributed by atoms with Crippen LogP contribution in [0.5, 0.6) is 0 Å². The van der Waals surface area contributed by atoms with Crippen LogP contribution >= 0.6 is 0 Å². The van der Waals surface area contributed by atoms with Crippen molar-refractivity contribution in [3.05, 3.63) is 35.4 Å². The Bertz CT molecular complexity index is 685. The average molecular weight is 400 g/mol. The zero-order valence-corrected chi connectivity index (χ0v) is 18.5. The smallest absolute Gasteiger partial charge is 0.223 e. The van der Waals surface area contributed by atoms with Gasteiger partial charge in [-0.15, -0.1) is 0 Å². The molecular formula is C24H37N3O2. The molecule has 29 heavy (non-hydrogen) atoms. The first-order valence-electron chi connectivity index (χ1n) is 11.2. The summed E-state index contributed by atoms with van der Waals surface area (Å²) in [7, 11) is 0. The number of likely N-dealkylation sites (tertiary alicyclic amines) is 1. The van der Waals surface area contributed by atoms with E-state index < -0.39 is 0 Å². The summed E-state index contributed by atoms with van der Waals surface area (Å²) < 4.78 is 0. The molecule has 5 nitrogen and oxygen atoms in total. The first kappa shape index (κ1) is 21.8. The molecule has 2 saturated heterocycles. The van der Waals surface area contributed by atoms with Gasteiger partial charge in [0.15, 0.2) is 0 Å². The molecular weight excluding hydrogens is 362 g/mol. The van der Waals surface area contributed by atoms with Gasteiger partial charge in [0, 0.05) is 45.6 Å². The zero-order chi connectivity index (χ0) is 20.9. The van der Waals surface area contributed by atoms with Crippen molar-refractivity contribution in [1.29, 1.82) is 0 Å². The van der Waals surface area contributed by atoms with E-state index >= 15 is 0 Å². The predicted molar refractivity (Wildman–Crippen MR) is 117 cm³/mol. The Morgan fingerprint density at radius 3 is 1.90 bits per heavy atom. The van der Waals surface area contributed by atoms with Crippen molar-refractivity contribution in [3.8, 4) is 0 Å². The van der Waals surface area contributed by atoms with E-state index in [-0.39, 0.29) is 17.2 Å². The SMILES string of the molecule is Cc1ccc(C(C)(C)CCC(=O)N2CCN(C(=O)CCN3CCCC3)CC2)cc1. The number of hydrogen-bond donors (Lipinski definition) is 0. The fourth-order valence-electron chi connectivity index (χ4n) is 4.35. The van der Waals surface area contributed by atoms with Gasteiger partial charge < -0.3 is 14.7 Å². The van der Waals surface area contributed by atoms with Gasteiger partial charge in [-0.3, -0.25) is 9.59 Å². The number of piperazine rings is 1. The number of aryl methyl sites for hydroxylation is 1. The third kappa shape index (κ3) is 6.05. The number of nitrogens with zero attached hydrogens (tertiary/aromatic N) is 3. The number of benzene rings is 1. The topological polar surface area (TPSA) is 43.9 Å². The van der Waals surface area contributed by atoms with Gasteiger partial charge in [0.2, 0.25) is 11.8 Å². The molecule has 0 atom stereocenters. The molecule has 0 unspecified atom stereocenters. The van der Waals surface area contributed by atoms with E-state index in [0.29, 0.717) is 39.0 Å². The summed E-state index contributed by atoms with van der Waals surface area (Å²) in [6.45, 7) is 12.3. The summed E-state index contributed by atoms with van der Waals surface area (Å²) >= 11 is 0. The quantitative estimate of drug-likeness (QED) is 0.707. The molecule has 0 spiro atoms. The molecule has 1 aromatic rings. The summed E-state index contributed by atoms with van der Waals surface area (Å²) in [6.07, 6.45) is 4.53. The third-order valence-corrected chi connectivity index (χ3v) is 6.62. The van der Waals surface area contributed by atoms with Crippen LogP contribution in [-0.2, 0) is 15.0 Å². The minimum Gasteiger partial charge on any atom is -0.339 e. The Morgan fingerprint density at radius 2 is 1.34 bits per heavy atom. The molecule has 3 rings (SSSR count). The van der Waals surface area contributed by atoms with Crippen LogP contribution in [-0.4, -0.2) is 72.3 Å². The molecule has 2 aliphatic heterocycles. The summed E-state index contributed by atoms with van der Waals surface area (Å²) in [5.41, 5.74) is 2.52. The molecule has 2 fully saturated rings. The van der Waals surface area contributed by atoms with E-state index in [1.165, 1.54) is 24.0 Å². The molecule has 0 saturated carbocycles. The lowest BCUT2D eigenvalue weighted by molar-refractivity contribution is -0.139. The van der Waals surface area contributed by atoms with Crippen molar-refractivity contribution >= 4 is 11.8 Å². The van der Waals surface area contributed by atoms with Crippen molar-refractivity contribution < 1.29 is 9.59 Å². The van der Waals surface area contributed by atoms with Crippen molar-refractivity contribution in [3.63, 3.8) is 0 Å². The van der Waals surface area contributed by atoms with Gasteiger partial charge in [-0.1, -0.05) is 43.7 Å². The van der Waals surface area contributed by atoms with Crippen molar-refractivity contribution in [2.24, 2.45) is 0 Å². The average Bonchev–Trinajstić information content (AvgIpc) is 3.24. The first-order chi connectivity index (χ1) is 13.8. The van der Waals surface area contributed by atoms with E-state index in [0.717, 1.165) is 26.1 Å². The fourth-order valence-corrected chi connectivity index (χ4v) is 4.35. The monoisotopic (exact) mass is 399 g/mol. The van der Waals surface area contributed by atoms with Crippen LogP contribution in [0, 0.1) is 6.92 Å². The fraction of sp³-hybridized carbons (Fsp3) is 0.667. The number of rotatable bonds is 7. The summed E-state index contributed by atoms with van der Waals surface area (Å²) in [5.74, 6) is 0.457. The van der Waals surface area contributed by atoms with E-state index in [1.807, 2.05) is 9.80 Å². The number of carbonyl (C=O) groups is 2. The highest BCUT2D eigenvalue weighted by Gasteiger charge is 2.27. The Morgan fingerprint density at radius 1 is 0.828 bits per heavy atom. The molecule has 5 heteroatoms. The highest BCUT2D eigenvalue weighted by Crippen LogP contribution is 2.29. The largest absolute Gasteiger partial charge is 0.339 e. The number of carbonyl (C=O) groups excluding carboxylic acids is 2. The van der Waals surface area contributed by atoms with Gasteiger partial charge in [-0.05, 0) is 50.3 Å². The van der Waals surface area contributed by atoms with Gasteiger partial charge in [0.25, 0.3) is 0 Å². The maximum absolute atomic E-state index is 12.7.